The van der Waals surface area contributed by atoms with Gasteiger partial charge in [-0.2, -0.15) is 5.10 Å². The number of aryl methyl sites for hydroxylation is 1. The molecule has 2 heterocycles. The SMILES string of the molecule is Cc1ccc(-c2nc3cc(-c4ccc(Br)cc4)nn3cc2S(=O)(=O)c2ccccc2)cc1. The molecule has 0 amide bonds. The minimum absolute atomic E-state index is 0.116. The van der Waals surface area contributed by atoms with Crippen LogP contribution >= 0.6 is 15.9 Å². The van der Waals surface area contributed by atoms with Crippen molar-refractivity contribution in [1.82, 2.24) is 14.6 Å². The van der Waals surface area contributed by atoms with E-state index in [2.05, 4.69) is 21.0 Å². The molecule has 5 nitrogen and oxygen atoms in total. The molecule has 0 spiro atoms. The molecule has 5 rings (SSSR count). The van der Waals surface area contributed by atoms with Gasteiger partial charge in [-0.1, -0.05) is 76.1 Å². The molecule has 7 heteroatoms. The van der Waals surface area contributed by atoms with Gasteiger partial charge in [0.1, 0.15) is 4.90 Å². The quantitative estimate of drug-likeness (QED) is 0.303. The Morgan fingerprint density at radius 3 is 2.19 bits per heavy atom. The van der Waals surface area contributed by atoms with Crippen molar-refractivity contribution in [2.24, 2.45) is 0 Å². The molecule has 0 aliphatic rings. The van der Waals surface area contributed by atoms with Crippen LogP contribution in [0.5, 0.6) is 0 Å². The van der Waals surface area contributed by atoms with Crippen LogP contribution < -0.4 is 0 Å². The maximum absolute atomic E-state index is 13.6. The van der Waals surface area contributed by atoms with Crippen LogP contribution in [0.3, 0.4) is 0 Å². The fourth-order valence-electron chi connectivity index (χ4n) is 3.51. The van der Waals surface area contributed by atoms with Crippen molar-refractivity contribution in [3.8, 4) is 22.5 Å². The monoisotopic (exact) mass is 503 g/mol. The number of hydrogen-bond acceptors (Lipinski definition) is 4. The number of rotatable bonds is 4. The van der Waals surface area contributed by atoms with Gasteiger partial charge in [0.05, 0.1) is 22.5 Å². The van der Waals surface area contributed by atoms with E-state index in [4.69, 9.17) is 4.98 Å². The number of hydrogen-bond donors (Lipinski definition) is 0. The number of fused-ring (bicyclic) bond motifs is 1. The Labute approximate surface area is 194 Å². The normalized spacial score (nSPS) is 11.7. The molecule has 0 radical (unpaired) electrons. The van der Waals surface area contributed by atoms with E-state index in [9.17, 15) is 8.42 Å². The zero-order chi connectivity index (χ0) is 22.3. The highest BCUT2D eigenvalue weighted by Crippen LogP contribution is 2.32. The maximum Gasteiger partial charge on any atom is 0.210 e. The summed E-state index contributed by atoms with van der Waals surface area (Å²) in [5.41, 5.74) is 4.44. The van der Waals surface area contributed by atoms with Crippen molar-refractivity contribution in [2.75, 3.05) is 0 Å². The lowest BCUT2D eigenvalue weighted by atomic mass is 10.1. The van der Waals surface area contributed by atoms with Gasteiger partial charge in [-0.25, -0.2) is 17.9 Å². The third kappa shape index (κ3) is 3.74. The van der Waals surface area contributed by atoms with E-state index in [0.717, 1.165) is 21.2 Å². The molecule has 0 N–H and O–H groups in total. The molecule has 0 saturated carbocycles. The average molecular weight is 504 g/mol. The lowest BCUT2D eigenvalue weighted by molar-refractivity contribution is 0.595. The molecule has 0 saturated heterocycles. The number of halogens is 1. The van der Waals surface area contributed by atoms with Gasteiger partial charge in [-0.05, 0) is 31.2 Å². The molecule has 5 aromatic rings. The molecule has 0 unspecified atom stereocenters. The average Bonchev–Trinajstić information content (AvgIpc) is 3.23. The van der Waals surface area contributed by atoms with Crippen LogP contribution in [0.1, 0.15) is 5.56 Å². The Morgan fingerprint density at radius 1 is 0.844 bits per heavy atom. The number of aromatic nitrogens is 3. The van der Waals surface area contributed by atoms with E-state index in [-0.39, 0.29) is 9.79 Å². The second-order valence-corrected chi connectivity index (χ2v) is 10.3. The first kappa shape index (κ1) is 20.6. The molecular formula is C25H18BrN3O2S. The highest BCUT2D eigenvalue weighted by molar-refractivity contribution is 9.10. The lowest BCUT2D eigenvalue weighted by Crippen LogP contribution is -2.08. The van der Waals surface area contributed by atoms with Gasteiger partial charge in [0, 0.05) is 21.7 Å². The summed E-state index contributed by atoms with van der Waals surface area (Å²) in [6.45, 7) is 1.99. The molecule has 0 bridgehead atoms. The minimum Gasteiger partial charge on any atom is -0.227 e. The van der Waals surface area contributed by atoms with Crippen LogP contribution in [0.4, 0.5) is 0 Å². The Hall–Kier alpha value is -3.29. The lowest BCUT2D eigenvalue weighted by Gasteiger charge is -2.11. The molecule has 32 heavy (non-hydrogen) atoms. The summed E-state index contributed by atoms with van der Waals surface area (Å²) in [4.78, 5) is 5.08. The summed E-state index contributed by atoms with van der Waals surface area (Å²) in [5, 5.41) is 4.60. The summed E-state index contributed by atoms with van der Waals surface area (Å²) < 4.78 is 29.6. The van der Waals surface area contributed by atoms with Crippen molar-refractivity contribution in [1.29, 1.82) is 0 Å². The van der Waals surface area contributed by atoms with Gasteiger partial charge in [-0.15, -0.1) is 0 Å². The van der Waals surface area contributed by atoms with Crippen LogP contribution in [0, 0.1) is 6.92 Å². The number of sulfone groups is 1. The van der Waals surface area contributed by atoms with Crippen LogP contribution in [0.25, 0.3) is 28.2 Å². The van der Waals surface area contributed by atoms with Gasteiger partial charge in [0.25, 0.3) is 0 Å². The van der Waals surface area contributed by atoms with Crippen molar-refractivity contribution in [3.63, 3.8) is 0 Å². The molecule has 0 aliphatic carbocycles. The Balaban J connectivity index is 1.75. The van der Waals surface area contributed by atoms with Gasteiger partial charge in [0.2, 0.25) is 9.84 Å². The van der Waals surface area contributed by atoms with Gasteiger partial charge in [-0.3, -0.25) is 0 Å². The van der Waals surface area contributed by atoms with E-state index >= 15 is 0 Å². The first-order valence-electron chi connectivity index (χ1n) is 9.95. The Bertz CT molecular complexity index is 1530. The van der Waals surface area contributed by atoms with Crippen LogP contribution in [0.2, 0.25) is 0 Å². The van der Waals surface area contributed by atoms with Gasteiger partial charge >= 0.3 is 0 Å². The highest BCUT2D eigenvalue weighted by atomic mass is 79.9. The van der Waals surface area contributed by atoms with E-state index in [0.29, 0.717) is 17.0 Å². The largest absolute Gasteiger partial charge is 0.227 e. The van der Waals surface area contributed by atoms with Crippen LogP contribution in [-0.4, -0.2) is 23.0 Å². The second kappa shape index (κ2) is 8.00. The molecule has 2 aromatic heterocycles. The van der Waals surface area contributed by atoms with Crippen LogP contribution in [-0.2, 0) is 9.84 Å². The smallest absolute Gasteiger partial charge is 0.210 e. The van der Waals surface area contributed by atoms with Gasteiger partial charge in [0.15, 0.2) is 5.65 Å². The van der Waals surface area contributed by atoms with Crippen molar-refractivity contribution in [3.05, 3.63) is 101 Å². The van der Waals surface area contributed by atoms with Crippen molar-refractivity contribution >= 4 is 31.4 Å². The molecule has 0 fully saturated rings. The second-order valence-electron chi connectivity index (χ2n) is 7.48. The van der Waals surface area contributed by atoms with E-state index in [1.54, 1.807) is 36.5 Å². The van der Waals surface area contributed by atoms with Crippen molar-refractivity contribution < 1.29 is 8.42 Å². The number of nitrogens with zero attached hydrogens (tertiary/aromatic N) is 3. The molecule has 3 aromatic carbocycles. The number of benzene rings is 3. The zero-order valence-corrected chi connectivity index (χ0v) is 19.5. The first-order chi connectivity index (χ1) is 15.4. The molecule has 158 valence electrons. The Morgan fingerprint density at radius 2 is 1.50 bits per heavy atom. The van der Waals surface area contributed by atoms with E-state index in [1.807, 2.05) is 61.5 Å². The summed E-state index contributed by atoms with van der Waals surface area (Å²) in [6.07, 6.45) is 1.56. The third-order valence-electron chi connectivity index (χ3n) is 5.22. The van der Waals surface area contributed by atoms with E-state index in [1.165, 1.54) is 4.52 Å². The molecule has 0 aliphatic heterocycles. The topological polar surface area (TPSA) is 64.3 Å². The van der Waals surface area contributed by atoms with Crippen molar-refractivity contribution in [2.45, 2.75) is 16.7 Å². The molecular weight excluding hydrogens is 486 g/mol. The zero-order valence-electron chi connectivity index (χ0n) is 17.1. The summed E-state index contributed by atoms with van der Waals surface area (Å²) in [6, 6.07) is 25.7. The Kier molecular flexibility index (Phi) is 5.15. The third-order valence-corrected chi connectivity index (χ3v) is 7.52. The fourth-order valence-corrected chi connectivity index (χ4v) is 5.20. The summed E-state index contributed by atoms with van der Waals surface area (Å²) in [5.74, 6) is 0. The predicted octanol–water partition coefficient (Wildman–Crippen LogP) is 5.97. The highest BCUT2D eigenvalue weighted by Gasteiger charge is 2.25. The van der Waals surface area contributed by atoms with E-state index < -0.39 is 9.84 Å². The minimum atomic E-state index is -3.81. The fraction of sp³-hybridized carbons (Fsp3) is 0.0400. The summed E-state index contributed by atoms with van der Waals surface area (Å²) in [7, 11) is -3.81. The maximum atomic E-state index is 13.6. The standard InChI is InChI=1S/C25H18BrN3O2S/c1-17-7-9-19(10-8-17)25-23(32(30,31)21-5-3-2-4-6-21)16-29-24(27-25)15-22(28-29)18-11-13-20(26)14-12-18/h2-16H,1H3. The summed E-state index contributed by atoms with van der Waals surface area (Å²) >= 11 is 3.44. The first-order valence-corrected chi connectivity index (χ1v) is 12.2. The predicted molar refractivity (Wildman–Crippen MR) is 128 cm³/mol. The molecule has 0 atom stereocenters. The van der Waals surface area contributed by atoms with Gasteiger partial charge < -0.3 is 0 Å². The van der Waals surface area contributed by atoms with Crippen LogP contribution in [0.15, 0.2) is 105 Å².